The standard InChI is InChI=1S/C14H9BrCl2O3S/c15-10-2-1-3-11(7-10)21(19,20)8-14(18)9-4-5-12(16)13(17)6-9/h1-7H,8H2. The molecular formula is C14H9BrCl2O3S. The van der Waals surface area contributed by atoms with Gasteiger partial charge in [-0.05, 0) is 36.4 Å². The van der Waals surface area contributed by atoms with Gasteiger partial charge >= 0.3 is 0 Å². The lowest BCUT2D eigenvalue weighted by molar-refractivity contribution is 0.102. The molecule has 0 aromatic heterocycles. The molecule has 110 valence electrons. The van der Waals surface area contributed by atoms with Crippen LogP contribution in [0.4, 0.5) is 0 Å². The molecule has 2 rings (SSSR count). The minimum Gasteiger partial charge on any atom is -0.293 e. The molecule has 0 unspecified atom stereocenters. The van der Waals surface area contributed by atoms with Gasteiger partial charge in [0.1, 0.15) is 5.75 Å². The van der Waals surface area contributed by atoms with E-state index in [4.69, 9.17) is 23.2 Å². The molecule has 21 heavy (non-hydrogen) atoms. The molecule has 0 heterocycles. The van der Waals surface area contributed by atoms with E-state index in [0.717, 1.165) is 0 Å². The Morgan fingerprint density at radius 1 is 1.05 bits per heavy atom. The fourth-order valence-corrected chi connectivity index (χ4v) is 3.79. The van der Waals surface area contributed by atoms with Crippen LogP contribution in [0.1, 0.15) is 10.4 Å². The van der Waals surface area contributed by atoms with E-state index in [2.05, 4.69) is 15.9 Å². The van der Waals surface area contributed by atoms with E-state index in [-0.39, 0.29) is 15.5 Å². The van der Waals surface area contributed by atoms with Crippen molar-refractivity contribution in [2.45, 2.75) is 4.90 Å². The molecule has 0 saturated carbocycles. The highest BCUT2D eigenvalue weighted by Gasteiger charge is 2.21. The number of hydrogen-bond donors (Lipinski definition) is 0. The lowest BCUT2D eigenvalue weighted by atomic mass is 10.1. The second-order valence-electron chi connectivity index (χ2n) is 4.27. The average Bonchev–Trinajstić information content (AvgIpc) is 2.41. The molecule has 0 aliphatic heterocycles. The Labute approximate surface area is 140 Å². The third-order valence-corrected chi connectivity index (χ3v) is 5.56. The van der Waals surface area contributed by atoms with Gasteiger partial charge in [0, 0.05) is 10.0 Å². The zero-order valence-electron chi connectivity index (χ0n) is 10.5. The van der Waals surface area contributed by atoms with Crippen LogP contribution in [0.25, 0.3) is 0 Å². The zero-order chi connectivity index (χ0) is 15.6. The van der Waals surface area contributed by atoms with E-state index in [9.17, 15) is 13.2 Å². The maximum atomic E-state index is 12.2. The fourth-order valence-electron chi connectivity index (χ4n) is 1.67. The van der Waals surface area contributed by atoms with Crippen molar-refractivity contribution in [3.63, 3.8) is 0 Å². The zero-order valence-corrected chi connectivity index (χ0v) is 14.4. The number of ketones is 1. The maximum absolute atomic E-state index is 12.2. The number of carbonyl (C=O) groups excluding carboxylic acids is 1. The first-order chi connectivity index (χ1) is 9.79. The van der Waals surface area contributed by atoms with Crippen LogP contribution in [0.2, 0.25) is 10.0 Å². The molecule has 0 spiro atoms. The molecule has 0 bridgehead atoms. The number of benzene rings is 2. The summed E-state index contributed by atoms with van der Waals surface area (Å²) in [5.41, 5.74) is 0.211. The summed E-state index contributed by atoms with van der Waals surface area (Å²) in [6.45, 7) is 0. The number of halogens is 3. The number of Topliss-reactive ketones (excluding diaryl/α,β-unsaturated/α-hetero) is 1. The van der Waals surface area contributed by atoms with Gasteiger partial charge in [-0.2, -0.15) is 0 Å². The minimum atomic E-state index is -3.71. The molecule has 0 aliphatic carbocycles. The lowest BCUT2D eigenvalue weighted by Gasteiger charge is -2.05. The maximum Gasteiger partial charge on any atom is 0.185 e. The Balaban J connectivity index is 2.28. The lowest BCUT2D eigenvalue weighted by Crippen LogP contribution is -2.16. The minimum absolute atomic E-state index is 0.0882. The van der Waals surface area contributed by atoms with E-state index < -0.39 is 21.4 Å². The largest absolute Gasteiger partial charge is 0.293 e. The van der Waals surface area contributed by atoms with Gasteiger partial charge in [-0.3, -0.25) is 4.79 Å². The smallest absolute Gasteiger partial charge is 0.185 e. The Kier molecular flexibility index (Phi) is 5.09. The normalized spacial score (nSPS) is 11.4. The molecular weight excluding hydrogens is 399 g/mol. The van der Waals surface area contributed by atoms with Gasteiger partial charge in [-0.25, -0.2) is 8.42 Å². The van der Waals surface area contributed by atoms with Crippen molar-refractivity contribution in [3.8, 4) is 0 Å². The number of rotatable bonds is 4. The van der Waals surface area contributed by atoms with E-state index >= 15 is 0 Å². The molecule has 0 fully saturated rings. The predicted molar refractivity (Wildman–Crippen MR) is 87.0 cm³/mol. The van der Waals surface area contributed by atoms with Crippen molar-refractivity contribution in [2.24, 2.45) is 0 Å². The predicted octanol–water partition coefficient (Wildman–Crippen LogP) is 4.41. The van der Waals surface area contributed by atoms with E-state index in [1.165, 1.54) is 30.3 Å². The Bertz CT molecular complexity index is 804. The molecule has 0 amide bonds. The third kappa shape index (κ3) is 4.07. The van der Waals surface area contributed by atoms with Crippen molar-refractivity contribution in [2.75, 3.05) is 5.75 Å². The Morgan fingerprint density at radius 3 is 2.38 bits per heavy atom. The van der Waals surface area contributed by atoms with Crippen LogP contribution in [0.5, 0.6) is 0 Å². The number of sulfone groups is 1. The van der Waals surface area contributed by atoms with Gasteiger partial charge < -0.3 is 0 Å². The van der Waals surface area contributed by atoms with Crippen LogP contribution in [0, 0.1) is 0 Å². The Hall–Kier alpha value is -0.880. The van der Waals surface area contributed by atoms with Gasteiger partial charge in [-0.15, -0.1) is 0 Å². The fraction of sp³-hybridized carbons (Fsp3) is 0.0714. The van der Waals surface area contributed by atoms with Gasteiger partial charge in [-0.1, -0.05) is 45.2 Å². The van der Waals surface area contributed by atoms with Gasteiger partial charge in [0.15, 0.2) is 15.6 Å². The highest BCUT2D eigenvalue weighted by atomic mass is 79.9. The van der Waals surface area contributed by atoms with Crippen molar-refractivity contribution in [1.82, 2.24) is 0 Å². The summed E-state index contributed by atoms with van der Waals surface area (Å²) in [7, 11) is -3.71. The molecule has 0 N–H and O–H groups in total. The summed E-state index contributed by atoms with van der Waals surface area (Å²) in [5.74, 6) is -1.16. The first-order valence-electron chi connectivity index (χ1n) is 5.76. The summed E-state index contributed by atoms with van der Waals surface area (Å²) in [4.78, 5) is 12.2. The molecule has 2 aromatic carbocycles. The third-order valence-electron chi connectivity index (χ3n) is 2.72. The highest BCUT2D eigenvalue weighted by molar-refractivity contribution is 9.10. The number of carbonyl (C=O) groups is 1. The summed E-state index contributed by atoms with van der Waals surface area (Å²) < 4.78 is 25.1. The molecule has 0 atom stereocenters. The van der Waals surface area contributed by atoms with Crippen LogP contribution in [-0.2, 0) is 9.84 Å². The van der Waals surface area contributed by atoms with Gasteiger partial charge in [0.25, 0.3) is 0 Å². The topological polar surface area (TPSA) is 51.2 Å². The van der Waals surface area contributed by atoms with E-state index in [1.807, 2.05) is 0 Å². The summed E-state index contributed by atoms with van der Waals surface area (Å²) >= 11 is 14.8. The second kappa shape index (κ2) is 6.48. The second-order valence-corrected chi connectivity index (χ2v) is 7.99. The van der Waals surface area contributed by atoms with Crippen LogP contribution < -0.4 is 0 Å². The Morgan fingerprint density at radius 2 is 1.76 bits per heavy atom. The molecule has 3 nitrogen and oxygen atoms in total. The first-order valence-corrected chi connectivity index (χ1v) is 8.96. The van der Waals surface area contributed by atoms with Crippen molar-refractivity contribution in [3.05, 3.63) is 62.5 Å². The quantitative estimate of drug-likeness (QED) is 0.705. The molecule has 0 saturated heterocycles. The first kappa shape index (κ1) is 16.5. The molecule has 7 heteroatoms. The summed E-state index contributed by atoms with van der Waals surface area (Å²) in [6, 6.07) is 10.5. The van der Waals surface area contributed by atoms with Crippen LogP contribution in [0.15, 0.2) is 51.8 Å². The average molecular weight is 408 g/mol. The molecule has 0 aliphatic rings. The van der Waals surface area contributed by atoms with Crippen LogP contribution >= 0.6 is 39.1 Å². The van der Waals surface area contributed by atoms with Crippen LogP contribution in [0.3, 0.4) is 0 Å². The summed E-state index contributed by atoms with van der Waals surface area (Å²) in [5, 5.41) is 0.519. The van der Waals surface area contributed by atoms with Crippen molar-refractivity contribution >= 4 is 54.8 Å². The van der Waals surface area contributed by atoms with E-state index in [0.29, 0.717) is 9.50 Å². The molecule has 2 aromatic rings. The van der Waals surface area contributed by atoms with Crippen LogP contribution in [-0.4, -0.2) is 20.0 Å². The van der Waals surface area contributed by atoms with E-state index in [1.54, 1.807) is 12.1 Å². The van der Waals surface area contributed by atoms with Crippen molar-refractivity contribution < 1.29 is 13.2 Å². The SMILES string of the molecule is O=C(CS(=O)(=O)c1cccc(Br)c1)c1ccc(Cl)c(Cl)c1. The van der Waals surface area contributed by atoms with Gasteiger partial charge in [0.05, 0.1) is 14.9 Å². The summed E-state index contributed by atoms with van der Waals surface area (Å²) in [6.07, 6.45) is 0. The van der Waals surface area contributed by atoms with Crippen molar-refractivity contribution in [1.29, 1.82) is 0 Å². The monoisotopic (exact) mass is 406 g/mol. The highest BCUT2D eigenvalue weighted by Crippen LogP contribution is 2.24. The van der Waals surface area contributed by atoms with Gasteiger partial charge in [0.2, 0.25) is 0 Å². The molecule has 0 radical (unpaired) electrons. The number of hydrogen-bond acceptors (Lipinski definition) is 3.